The first kappa shape index (κ1) is 12.8. The molecule has 0 bridgehead atoms. The van der Waals surface area contributed by atoms with E-state index in [4.69, 9.17) is 0 Å². The second-order valence-corrected chi connectivity index (χ2v) is 5.43. The maximum Gasteiger partial charge on any atom is 0.144 e. The second kappa shape index (κ2) is 4.53. The number of aromatic nitrogens is 3. The van der Waals surface area contributed by atoms with Crippen molar-refractivity contribution in [3.8, 4) is 0 Å². The van der Waals surface area contributed by atoms with E-state index in [0.29, 0.717) is 0 Å². The fraction of sp³-hybridized carbons (Fsp3) is 0.0526. The van der Waals surface area contributed by atoms with E-state index >= 15 is 0 Å². The maximum absolute atomic E-state index is 4.46. The van der Waals surface area contributed by atoms with Crippen molar-refractivity contribution in [2.24, 2.45) is 7.05 Å². The highest BCUT2D eigenvalue weighted by atomic mass is 15.0. The highest BCUT2D eigenvalue weighted by Crippen LogP contribution is 2.34. The first-order valence-electron chi connectivity index (χ1n) is 7.14. The van der Waals surface area contributed by atoms with Gasteiger partial charge in [-0.25, -0.2) is 9.97 Å². The van der Waals surface area contributed by atoms with Crippen LogP contribution in [0.5, 0.6) is 0 Å². The van der Waals surface area contributed by atoms with E-state index in [-0.39, 0.29) is 0 Å². The molecule has 3 heteroatoms. The number of nitrogens with zero attached hydrogens (tertiary/aromatic N) is 3. The molecule has 0 aliphatic rings. The summed E-state index contributed by atoms with van der Waals surface area (Å²) in [7, 11) is 2.03. The molecular formula is C19H15N3. The van der Waals surface area contributed by atoms with E-state index in [1.807, 2.05) is 7.05 Å². The highest BCUT2D eigenvalue weighted by molar-refractivity contribution is 6.14. The van der Waals surface area contributed by atoms with Gasteiger partial charge < -0.3 is 4.57 Å². The molecule has 0 unspecified atom stereocenters. The van der Waals surface area contributed by atoms with Gasteiger partial charge in [0.25, 0.3) is 0 Å². The van der Waals surface area contributed by atoms with Crippen LogP contribution in [0.3, 0.4) is 0 Å². The first-order valence-corrected chi connectivity index (χ1v) is 7.14. The molecule has 4 rings (SSSR count). The van der Waals surface area contributed by atoms with Gasteiger partial charge in [0.2, 0.25) is 0 Å². The predicted octanol–water partition coefficient (Wildman–Crippen LogP) is 4.47. The molecule has 22 heavy (non-hydrogen) atoms. The Balaban J connectivity index is 2.27. The Morgan fingerprint density at radius 2 is 1.86 bits per heavy atom. The third-order valence-corrected chi connectivity index (χ3v) is 4.19. The van der Waals surface area contributed by atoms with Gasteiger partial charge in [0.05, 0.1) is 16.6 Å². The second-order valence-electron chi connectivity index (χ2n) is 5.43. The zero-order valence-electron chi connectivity index (χ0n) is 12.4. The lowest BCUT2D eigenvalue weighted by Crippen LogP contribution is -1.93. The summed E-state index contributed by atoms with van der Waals surface area (Å²) in [4.78, 5) is 8.89. The highest BCUT2D eigenvalue weighted by Gasteiger charge is 2.15. The molecule has 0 atom stereocenters. The number of hydrogen-bond donors (Lipinski definition) is 0. The quantitative estimate of drug-likeness (QED) is 0.509. The summed E-state index contributed by atoms with van der Waals surface area (Å²) in [5.41, 5.74) is 3.72. The largest absolute Gasteiger partial charge is 0.328 e. The number of allylic oxidation sites excluding steroid dienone is 2. The number of aryl methyl sites for hydroxylation is 1. The summed E-state index contributed by atoms with van der Waals surface area (Å²) in [5, 5.41) is 4.62. The van der Waals surface area contributed by atoms with Crippen molar-refractivity contribution in [2.45, 2.75) is 0 Å². The summed E-state index contributed by atoms with van der Waals surface area (Å²) >= 11 is 0. The van der Waals surface area contributed by atoms with Crippen LogP contribution in [0.25, 0.3) is 38.3 Å². The molecule has 0 spiro atoms. The van der Waals surface area contributed by atoms with E-state index in [2.05, 4.69) is 64.1 Å². The summed E-state index contributed by atoms with van der Waals surface area (Å²) < 4.78 is 2.11. The fourth-order valence-corrected chi connectivity index (χ4v) is 3.04. The van der Waals surface area contributed by atoms with Crippen LogP contribution < -0.4 is 0 Å². The fourth-order valence-electron chi connectivity index (χ4n) is 3.04. The van der Waals surface area contributed by atoms with Crippen molar-refractivity contribution in [3.63, 3.8) is 0 Å². The third kappa shape index (κ3) is 1.62. The third-order valence-electron chi connectivity index (χ3n) is 4.19. The molecule has 0 aliphatic carbocycles. The van der Waals surface area contributed by atoms with E-state index in [9.17, 15) is 0 Å². The van der Waals surface area contributed by atoms with Gasteiger partial charge in [0.15, 0.2) is 0 Å². The van der Waals surface area contributed by atoms with E-state index in [1.165, 1.54) is 10.8 Å². The normalized spacial score (nSPS) is 11.3. The molecule has 106 valence electrons. The number of rotatable bonds is 2. The van der Waals surface area contributed by atoms with Gasteiger partial charge in [0.1, 0.15) is 12.0 Å². The molecule has 0 amide bonds. The Kier molecular flexibility index (Phi) is 2.63. The van der Waals surface area contributed by atoms with E-state index in [1.54, 1.807) is 12.4 Å². The molecule has 0 saturated carbocycles. The average Bonchev–Trinajstić information content (AvgIpc) is 2.85. The molecule has 0 fully saturated rings. The molecule has 2 aromatic carbocycles. The summed E-state index contributed by atoms with van der Waals surface area (Å²) in [6.45, 7) is 7.87. The average molecular weight is 285 g/mol. The number of hydrogen-bond acceptors (Lipinski definition) is 2. The Morgan fingerprint density at radius 3 is 2.59 bits per heavy atom. The summed E-state index contributed by atoms with van der Waals surface area (Å²) in [6, 6.07) is 12.8. The van der Waals surface area contributed by atoms with Crippen LogP contribution in [-0.2, 0) is 7.05 Å². The molecule has 0 aliphatic heterocycles. The van der Waals surface area contributed by atoms with Crippen LogP contribution in [0.4, 0.5) is 0 Å². The van der Waals surface area contributed by atoms with Crippen LogP contribution >= 0.6 is 0 Å². The van der Waals surface area contributed by atoms with Crippen molar-refractivity contribution in [1.82, 2.24) is 14.5 Å². The van der Waals surface area contributed by atoms with Crippen LogP contribution in [-0.4, -0.2) is 14.5 Å². The molecular weight excluding hydrogens is 270 g/mol. The monoisotopic (exact) mass is 285 g/mol. The lowest BCUT2D eigenvalue weighted by molar-refractivity contribution is 0.981. The van der Waals surface area contributed by atoms with E-state index < -0.39 is 0 Å². The van der Waals surface area contributed by atoms with Crippen molar-refractivity contribution in [2.75, 3.05) is 0 Å². The number of fused-ring (bicyclic) bond motifs is 4. The van der Waals surface area contributed by atoms with E-state index in [0.717, 1.165) is 33.2 Å². The van der Waals surface area contributed by atoms with Gasteiger partial charge in [-0.3, -0.25) is 0 Å². The van der Waals surface area contributed by atoms with Crippen molar-refractivity contribution in [1.29, 1.82) is 0 Å². The topological polar surface area (TPSA) is 30.7 Å². The summed E-state index contributed by atoms with van der Waals surface area (Å²) in [5.74, 6) is 0. The van der Waals surface area contributed by atoms with Gasteiger partial charge in [-0.05, 0) is 28.5 Å². The lowest BCUT2D eigenvalue weighted by atomic mass is 10.0. The van der Waals surface area contributed by atoms with Gasteiger partial charge in [-0.15, -0.1) is 0 Å². The van der Waals surface area contributed by atoms with Crippen molar-refractivity contribution in [3.05, 3.63) is 67.7 Å². The van der Waals surface area contributed by atoms with Gasteiger partial charge in [-0.2, -0.15) is 0 Å². The van der Waals surface area contributed by atoms with Crippen molar-refractivity contribution < 1.29 is 0 Å². The van der Waals surface area contributed by atoms with Crippen LogP contribution in [0.15, 0.2) is 62.0 Å². The molecule has 4 aromatic rings. The molecule has 0 saturated heterocycles. The van der Waals surface area contributed by atoms with Crippen LogP contribution in [0.2, 0.25) is 0 Å². The number of benzene rings is 2. The Bertz CT molecular complexity index is 1070. The molecule has 3 nitrogen and oxygen atoms in total. The maximum atomic E-state index is 4.46. The lowest BCUT2D eigenvalue weighted by Gasteiger charge is -2.02. The van der Waals surface area contributed by atoms with Crippen LogP contribution in [0.1, 0.15) is 5.69 Å². The molecule has 0 radical (unpaired) electrons. The Morgan fingerprint density at radius 1 is 1.14 bits per heavy atom. The minimum Gasteiger partial charge on any atom is -0.328 e. The Hall–Kier alpha value is -2.94. The molecule has 2 heterocycles. The standard InChI is InChI=1S/C19H15N3/c1-4-12(2)18-17-15-9-13-7-5-6-8-14(13)10-16(15)22(3)19(17)21-11-20-18/h4-11H,1-2H2,3H3. The molecule has 2 aromatic heterocycles. The van der Waals surface area contributed by atoms with Gasteiger partial charge in [0, 0.05) is 12.4 Å². The van der Waals surface area contributed by atoms with Crippen molar-refractivity contribution >= 4 is 38.3 Å². The minimum absolute atomic E-state index is 0.813. The summed E-state index contributed by atoms with van der Waals surface area (Å²) in [6.07, 6.45) is 3.33. The zero-order valence-corrected chi connectivity index (χ0v) is 12.4. The SMILES string of the molecule is C=CC(=C)c1ncnc2c1c1cc3ccccc3cc1n2C. The first-order chi connectivity index (χ1) is 10.7. The minimum atomic E-state index is 0.813. The zero-order chi connectivity index (χ0) is 15.3. The van der Waals surface area contributed by atoms with Crippen LogP contribution in [0, 0.1) is 0 Å². The smallest absolute Gasteiger partial charge is 0.144 e. The van der Waals surface area contributed by atoms with Gasteiger partial charge in [-0.1, -0.05) is 43.5 Å². The van der Waals surface area contributed by atoms with Gasteiger partial charge >= 0.3 is 0 Å². The Labute approximate surface area is 128 Å². The predicted molar refractivity (Wildman–Crippen MR) is 92.8 cm³/mol. The molecule has 0 N–H and O–H groups in total.